The minimum Gasteiger partial charge on any atom is -0.278 e. The van der Waals surface area contributed by atoms with Crippen molar-refractivity contribution in [2.24, 2.45) is 23.7 Å². The van der Waals surface area contributed by atoms with Crippen LogP contribution in [0.1, 0.15) is 12.0 Å². The number of benzene rings is 1. The molecule has 4 rings (SSSR count). The van der Waals surface area contributed by atoms with Crippen molar-refractivity contribution in [2.75, 3.05) is 0 Å². The van der Waals surface area contributed by atoms with Gasteiger partial charge in [-0.15, -0.1) is 0 Å². The summed E-state index contributed by atoms with van der Waals surface area (Å²) in [6, 6.07) is 5.21. The second kappa shape index (κ2) is 4.59. The minimum absolute atomic E-state index is 0.0343. The van der Waals surface area contributed by atoms with Crippen LogP contribution in [-0.4, -0.2) is 16.7 Å². The van der Waals surface area contributed by atoms with Gasteiger partial charge >= 0.3 is 0 Å². The lowest BCUT2D eigenvalue weighted by Crippen LogP contribution is -2.32. The van der Waals surface area contributed by atoms with Crippen LogP contribution in [0.25, 0.3) is 0 Å². The van der Waals surface area contributed by atoms with Crippen molar-refractivity contribution in [2.45, 2.75) is 13.0 Å². The number of allylic oxidation sites excluding steroid dienone is 2. The van der Waals surface area contributed by atoms with E-state index in [-0.39, 0.29) is 42.0 Å². The van der Waals surface area contributed by atoms with Crippen LogP contribution >= 0.6 is 23.2 Å². The molecule has 1 saturated carbocycles. The van der Waals surface area contributed by atoms with Gasteiger partial charge in [0.1, 0.15) is 0 Å². The predicted octanol–water partition coefficient (Wildman–Crippen LogP) is 3.30. The molecule has 0 N–H and O–H groups in total. The van der Waals surface area contributed by atoms with Crippen molar-refractivity contribution in [1.82, 2.24) is 4.90 Å². The number of halogens is 2. The zero-order valence-electron chi connectivity index (χ0n) is 11.1. The highest BCUT2D eigenvalue weighted by Crippen LogP contribution is 2.52. The fourth-order valence-electron chi connectivity index (χ4n) is 3.94. The lowest BCUT2D eigenvalue weighted by molar-refractivity contribution is -0.141. The monoisotopic (exact) mass is 321 g/mol. The number of imide groups is 1. The summed E-state index contributed by atoms with van der Waals surface area (Å²) in [5.74, 6) is 0.136. The molecule has 1 saturated heterocycles. The number of likely N-dealkylation sites (tertiary alicyclic amines) is 1. The van der Waals surface area contributed by atoms with Gasteiger partial charge < -0.3 is 0 Å². The maximum absolute atomic E-state index is 12.6. The fourth-order valence-corrected chi connectivity index (χ4v) is 4.26. The summed E-state index contributed by atoms with van der Waals surface area (Å²) in [7, 11) is 0. The Morgan fingerprint density at radius 3 is 2.19 bits per heavy atom. The van der Waals surface area contributed by atoms with Crippen LogP contribution in [0.2, 0.25) is 10.0 Å². The largest absolute Gasteiger partial charge is 0.278 e. The van der Waals surface area contributed by atoms with Gasteiger partial charge in [0.2, 0.25) is 11.8 Å². The molecule has 1 aromatic carbocycles. The molecule has 1 aliphatic heterocycles. The van der Waals surface area contributed by atoms with E-state index in [1.165, 1.54) is 4.90 Å². The van der Waals surface area contributed by atoms with Gasteiger partial charge in [-0.2, -0.15) is 0 Å². The van der Waals surface area contributed by atoms with Crippen LogP contribution in [-0.2, 0) is 16.1 Å². The van der Waals surface area contributed by atoms with E-state index >= 15 is 0 Å². The minimum atomic E-state index is -0.143. The second-order valence-electron chi connectivity index (χ2n) is 6.01. The average Bonchev–Trinajstić information content (AvgIpc) is 3.12. The zero-order valence-corrected chi connectivity index (χ0v) is 12.6. The van der Waals surface area contributed by atoms with Crippen molar-refractivity contribution in [3.63, 3.8) is 0 Å². The Hall–Kier alpha value is -1.32. The number of hydrogen-bond donors (Lipinski definition) is 0. The quantitative estimate of drug-likeness (QED) is 0.619. The first-order valence-corrected chi connectivity index (χ1v) is 7.79. The molecule has 1 aromatic rings. The molecule has 3 aliphatic rings. The third-order valence-corrected chi connectivity index (χ3v) is 5.63. The van der Waals surface area contributed by atoms with Gasteiger partial charge in [-0.3, -0.25) is 14.5 Å². The Labute approximate surface area is 132 Å². The zero-order chi connectivity index (χ0) is 14.7. The van der Waals surface area contributed by atoms with E-state index in [1.807, 2.05) is 0 Å². The molecule has 0 spiro atoms. The molecule has 5 heteroatoms. The van der Waals surface area contributed by atoms with Gasteiger partial charge in [0.05, 0.1) is 28.4 Å². The molecular weight excluding hydrogens is 309 g/mol. The number of carbonyl (C=O) groups excluding carboxylic acids is 2. The fraction of sp³-hybridized carbons (Fsp3) is 0.375. The Morgan fingerprint density at radius 2 is 1.62 bits per heavy atom. The van der Waals surface area contributed by atoms with Gasteiger partial charge in [-0.25, -0.2) is 0 Å². The molecule has 0 aromatic heterocycles. The van der Waals surface area contributed by atoms with Crippen LogP contribution in [0.5, 0.6) is 0 Å². The third-order valence-electron chi connectivity index (χ3n) is 4.89. The number of nitrogens with zero attached hydrogens (tertiary/aromatic N) is 1. The Balaban J connectivity index is 1.61. The number of carbonyl (C=O) groups is 2. The van der Waals surface area contributed by atoms with Gasteiger partial charge in [-0.05, 0) is 36.0 Å². The molecule has 2 bridgehead atoms. The maximum Gasteiger partial charge on any atom is 0.234 e. The Morgan fingerprint density at radius 1 is 1.00 bits per heavy atom. The van der Waals surface area contributed by atoms with Gasteiger partial charge in [0.25, 0.3) is 0 Å². The van der Waals surface area contributed by atoms with E-state index in [1.54, 1.807) is 18.2 Å². The topological polar surface area (TPSA) is 37.4 Å². The van der Waals surface area contributed by atoms with Crippen molar-refractivity contribution < 1.29 is 9.59 Å². The normalized spacial score (nSPS) is 33.1. The molecule has 2 amide bonds. The number of rotatable bonds is 2. The Kier molecular flexibility index (Phi) is 2.92. The van der Waals surface area contributed by atoms with E-state index in [2.05, 4.69) is 12.2 Å². The van der Waals surface area contributed by atoms with E-state index in [9.17, 15) is 9.59 Å². The van der Waals surface area contributed by atoms with Gasteiger partial charge in [0, 0.05) is 0 Å². The summed E-state index contributed by atoms with van der Waals surface area (Å²) < 4.78 is 0. The van der Waals surface area contributed by atoms with Gasteiger partial charge in [-0.1, -0.05) is 41.4 Å². The van der Waals surface area contributed by atoms with E-state index in [4.69, 9.17) is 23.2 Å². The van der Waals surface area contributed by atoms with Crippen molar-refractivity contribution in [1.29, 1.82) is 0 Å². The predicted molar refractivity (Wildman–Crippen MR) is 79.7 cm³/mol. The summed E-state index contributed by atoms with van der Waals surface area (Å²) in [6.07, 6.45) is 5.15. The smallest absolute Gasteiger partial charge is 0.234 e. The number of amides is 2. The number of hydrogen-bond acceptors (Lipinski definition) is 2. The van der Waals surface area contributed by atoms with E-state index in [0.29, 0.717) is 10.0 Å². The molecule has 3 nitrogen and oxygen atoms in total. The van der Waals surface area contributed by atoms with E-state index < -0.39 is 0 Å². The molecule has 21 heavy (non-hydrogen) atoms. The van der Waals surface area contributed by atoms with Gasteiger partial charge in [0.15, 0.2) is 0 Å². The average molecular weight is 322 g/mol. The molecule has 108 valence electrons. The van der Waals surface area contributed by atoms with Crippen LogP contribution in [0.3, 0.4) is 0 Å². The molecular formula is C16H13Cl2NO2. The first kappa shape index (κ1) is 13.4. The molecule has 1 heterocycles. The highest BCUT2D eigenvalue weighted by molar-refractivity contribution is 6.42. The molecule has 4 atom stereocenters. The number of fused-ring (bicyclic) bond motifs is 5. The second-order valence-corrected chi connectivity index (χ2v) is 6.83. The summed E-state index contributed by atoms with van der Waals surface area (Å²) in [4.78, 5) is 26.5. The summed E-state index contributed by atoms with van der Waals surface area (Å²) in [6.45, 7) is 0.279. The summed E-state index contributed by atoms with van der Waals surface area (Å²) in [5.41, 5.74) is 0.825. The molecule has 2 aliphatic carbocycles. The first-order valence-electron chi connectivity index (χ1n) is 7.04. The molecule has 2 fully saturated rings. The van der Waals surface area contributed by atoms with Crippen molar-refractivity contribution >= 4 is 35.0 Å². The van der Waals surface area contributed by atoms with Crippen LogP contribution in [0.15, 0.2) is 30.4 Å². The maximum atomic E-state index is 12.6. The Bertz CT molecular complexity index is 655. The standard InChI is InChI=1S/C16H13Cl2NO2/c17-11-4-1-8(5-12(11)18)7-19-15(20)13-9-2-3-10(6-9)14(13)16(19)21/h1-5,9-10,13-14H,6-7H2/t9-,10-,13+,14+/m0/s1. The van der Waals surface area contributed by atoms with E-state index in [0.717, 1.165) is 12.0 Å². The van der Waals surface area contributed by atoms with Crippen molar-refractivity contribution in [3.05, 3.63) is 46.0 Å². The first-order chi connectivity index (χ1) is 10.1. The SMILES string of the molecule is O=C1[C@H]2[C@H](C(=O)N1Cc1ccc(Cl)c(Cl)c1)[C@H]1C=C[C@H]2C1. The molecule has 0 unspecified atom stereocenters. The third kappa shape index (κ3) is 1.87. The van der Waals surface area contributed by atoms with Crippen molar-refractivity contribution in [3.8, 4) is 0 Å². The van der Waals surface area contributed by atoms with Crippen LogP contribution in [0, 0.1) is 23.7 Å². The highest BCUT2D eigenvalue weighted by Gasteiger charge is 2.59. The lowest BCUT2D eigenvalue weighted by Gasteiger charge is -2.17. The summed E-state index contributed by atoms with van der Waals surface area (Å²) in [5, 5.41) is 0.911. The molecule has 0 radical (unpaired) electrons. The van der Waals surface area contributed by atoms with Crippen LogP contribution < -0.4 is 0 Å². The highest BCUT2D eigenvalue weighted by atomic mass is 35.5. The lowest BCUT2D eigenvalue weighted by atomic mass is 9.85. The van der Waals surface area contributed by atoms with Crippen LogP contribution in [0.4, 0.5) is 0 Å². The summed E-state index contributed by atoms with van der Waals surface area (Å²) >= 11 is 11.9.